The molecule has 1 saturated heterocycles. The number of aromatic nitrogens is 5. The van der Waals surface area contributed by atoms with Gasteiger partial charge in [-0.3, -0.25) is 9.89 Å². The van der Waals surface area contributed by atoms with E-state index in [1.165, 1.54) is 50.1 Å². The second-order valence-electron chi connectivity index (χ2n) is 10.5. The number of hydrogen-bond acceptors (Lipinski definition) is 8. The maximum atomic E-state index is 13.5. The molecule has 40 heavy (non-hydrogen) atoms. The summed E-state index contributed by atoms with van der Waals surface area (Å²) < 4.78 is 115. The third-order valence-electron chi connectivity index (χ3n) is 6.38. The van der Waals surface area contributed by atoms with E-state index in [-0.39, 0.29) is 33.7 Å². The van der Waals surface area contributed by atoms with Crippen molar-refractivity contribution >= 4 is 21.7 Å². The number of carbonyl (C=O) groups excluding carboxylic acids is 1. The molecule has 4 heterocycles. The zero-order valence-corrected chi connectivity index (χ0v) is 23.1. The van der Waals surface area contributed by atoms with Crippen LogP contribution in [0.15, 0.2) is 35.5 Å². The summed E-state index contributed by atoms with van der Waals surface area (Å²) in [5, 5.41) is 10.2. The standard InChI is InChI=1S/C25H32F3N7O4S/c1-15-11-24(5,6)34(13-15)21-17(22(36)33-40(37,38)18-12-29-31-16(18)2)7-8-19(30-21)35-10-9-20(32-35)39-14-23(3,4)25(26,27)28/h7-10,12,15H,11,13-14H2,1-6H3,(H,29,31)(H,33,36)/t15-/m0/s1/i1D3,11D2. The molecule has 1 aliphatic heterocycles. The van der Waals surface area contributed by atoms with Crippen molar-refractivity contribution in [1.82, 2.24) is 29.7 Å². The number of nitrogens with one attached hydrogen (secondary N) is 2. The molecule has 1 fully saturated rings. The largest absolute Gasteiger partial charge is 0.476 e. The number of anilines is 1. The van der Waals surface area contributed by atoms with E-state index < -0.39 is 65.4 Å². The Bertz CT molecular complexity index is 1700. The van der Waals surface area contributed by atoms with Gasteiger partial charge in [-0.2, -0.15) is 18.3 Å². The summed E-state index contributed by atoms with van der Waals surface area (Å²) in [5.74, 6) is -3.08. The van der Waals surface area contributed by atoms with E-state index in [4.69, 9.17) is 11.6 Å². The van der Waals surface area contributed by atoms with Crippen LogP contribution in [-0.4, -0.2) is 64.2 Å². The molecule has 218 valence electrons. The van der Waals surface area contributed by atoms with Gasteiger partial charge in [0.25, 0.3) is 15.9 Å². The highest BCUT2D eigenvalue weighted by Gasteiger charge is 2.48. The normalized spacial score (nSPS) is 21.1. The van der Waals surface area contributed by atoms with E-state index in [0.29, 0.717) is 0 Å². The van der Waals surface area contributed by atoms with Crippen LogP contribution in [-0.2, 0) is 10.0 Å². The van der Waals surface area contributed by atoms with Crippen molar-refractivity contribution in [2.45, 2.75) is 64.5 Å². The summed E-state index contributed by atoms with van der Waals surface area (Å²) in [6.07, 6.45) is -4.53. The summed E-state index contributed by atoms with van der Waals surface area (Å²) >= 11 is 0. The van der Waals surface area contributed by atoms with E-state index in [0.717, 1.165) is 24.7 Å². The number of hydrogen-bond donors (Lipinski definition) is 2. The van der Waals surface area contributed by atoms with Crippen LogP contribution in [0.2, 0.25) is 0 Å². The molecule has 0 saturated carbocycles. The van der Waals surface area contributed by atoms with Crippen LogP contribution in [0.5, 0.6) is 5.88 Å². The number of pyridine rings is 1. The zero-order chi connectivity index (χ0) is 34.0. The molecule has 3 aromatic rings. The van der Waals surface area contributed by atoms with Crippen molar-refractivity contribution in [3.05, 3.63) is 41.9 Å². The lowest BCUT2D eigenvalue weighted by molar-refractivity contribution is -0.219. The molecule has 1 atom stereocenters. The van der Waals surface area contributed by atoms with Crippen LogP contribution in [0.4, 0.5) is 19.0 Å². The highest BCUT2D eigenvalue weighted by Crippen LogP contribution is 2.39. The second-order valence-corrected chi connectivity index (χ2v) is 12.1. The molecule has 1 amide bonds. The van der Waals surface area contributed by atoms with Gasteiger partial charge in [0.05, 0.1) is 22.9 Å². The molecule has 0 radical (unpaired) electrons. The number of sulfonamides is 1. The van der Waals surface area contributed by atoms with Crippen molar-refractivity contribution in [2.24, 2.45) is 11.3 Å². The van der Waals surface area contributed by atoms with Gasteiger partial charge in [0, 0.05) is 31.2 Å². The van der Waals surface area contributed by atoms with Gasteiger partial charge in [-0.05, 0) is 59.0 Å². The first kappa shape index (κ1) is 23.1. The molecule has 4 rings (SSSR count). The zero-order valence-electron chi connectivity index (χ0n) is 27.3. The molecule has 15 heteroatoms. The Hall–Kier alpha value is -3.62. The first-order valence-electron chi connectivity index (χ1n) is 14.5. The number of amides is 1. The van der Waals surface area contributed by atoms with Crippen LogP contribution < -0.4 is 14.4 Å². The van der Waals surface area contributed by atoms with Gasteiger partial charge in [-0.1, -0.05) is 6.85 Å². The molecular weight excluding hydrogens is 551 g/mol. The van der Waals surface area contributed by atoms with Crippen LogP contribution in [0.25, 0.3) is 5.82 Å². The molecule has 11 nitrogen and oxygen atoms in total. The minimum Gasteiger partial charge on any atom is -0.476 e. The molecule has 0 bridgehead atoms. The number of H-pyrrole nitrogens is 1. The van der Waals surface area contributed by atoms with Crippen molar-refractivity contribution in [3.8, 4) is 11.7 Å². The number of alkyl halides is 3. The smallest absolute Gasteiger partial charge is 0.397 e. The summed E-state index contributed by atoms with van der Waals surface area (Å²) in [5.41, 5.74) is -3.91. The molecule has 1 aliphatic rings. The molecule has 0 unspecified atom stereocenters. The van der Waals surface area contributed by atoms with Crippen LogP contribution in [0.3, 0.4) is 0 Å². The molecule has 2 N–H and O–H groups in total. The van der Waals surface area contributed by atoms with Crippen molar-refractivity contribution < 1.29 is 38.0 Å². The maximum Gasteiger partial charge on any atom is 0.397 e. The number of halogens is 3. The first-order valence-corrected chi connectivity index (χ1v) is 13.5. The summed E-state index contributed by atoms with van der Waals surface area (Å²) in [4.78, 5) is 18.9. The monoisotopic (exact) mass is 588 g/mol. The number of carbonyl (C=O) groups is 1. The fraction of sp³-hybridized carbons (Fsp3) is 0.520. The van der Waals surface area contributed by atoms with Crippen LogP contribution in [0.1, 0.15) is 63.8 Å². The third-order valence-corrected chi connectivity index (χ3v) is 7.82. The van der Waals surface area contributed by atoms with Gasteiger partial charge in [-0.15, -0.1) is 5.10 Å². The number of ether oxygens (including phenoxy) is 1. The average Bonchev–Trinajstić information content (AvgIpc) is 3.59. The van der Waals surface area contributed by atoms with Gasteiger partial charge in [0.2, 0.25) is 5.88 Å². The fourth-order valence-electron chi connectivity index (χ4n) is 3.95. The van der Waals surface area contributed by atoms with Gasteiger partial charge in [0.15, 0.2) is 5.82 Å². The molecule has 0 aromatic carbocycles. The molecule has 3 aromatic heterocycles. The number of aromatic amines is 1. The number of nitrogens with zero attached hydrogens (tertiary/aromatic N) is 5. The summed E-state index contributed by atoms with van der Waals surface area (Å²) in [6.45, 7) is 2.35. The Balaban J connectivity index is 1.77. The van der Waals surface area contributed by atoms with Gasteiger partial charge >= 0.3 is 6.18 Å². The number of rotatable bonds is 8. The van der Waals surface area contributed by atoms with Gasteiger partial charge in [-0.25, -0.2) is 22.8 Å². The Labute approximate surface area is 237 Å². The SMILES string of the molecule is [2H]C([2H])([2H])[C@@H]1CN(c2nc(-n3ccc(OCC(C)(C)C(F)(F)F)n3)ccc2C(=O)NS(=O)(=O)c2cn[nH]c2C)C(C)(C)C1([2H])[2H]. The lowest BCUT2D eigenvalue weighted by Gasteiger charge is -2.34. The van der Waals surface area contributed by atoms with Crippen molar-refractivity contribution in [1.29, 1.82) is 0 Å². The lowest BCUT2D eigenvalue weighted by atomic mass is 9.94. The highest BCUT2D eigenvalue weighted by molar-refractivity contribution is 7.90. The first-order chi connectivity index (χ1) is 20.4. The highest BCUT2D eigenvalue weighted by atomic mass is 32.2. The Morgan fingerprint density at radius 3 is 2.65 bits per heavy atom. The van der Waals surface area contributed by atoms with E-state index in [1.54, 1.807) is 0 Å². The van der Waals surface area contributed by atoms with E-state index in [1.807, 2.05) is 4.72 Å². The predicted octanol–water partition coefficient (Wildman–Crippen LogP) is 4.01. The number of aryl methyl sites for hydroxylation is 1. The van der Waals surface area contributed by atoms with Crippen LogP contribution >= 0.6 is 0 Å². The molecular formula is C25H32F3N7O4S. The lowest BCUT2D eigenvalue weighted by Crippen LogP contribution is -2.41. The molecule has 0 spiro atoms. The Kier molecular flexibility index (Phi) is 5.83. The Morgan fingerprint density at radius 1 is 1.32 bits per heavy atom. The van der Waals surface area contributed by atoms with E-state index >= 15 is 0 Å². The predicted molar refractivity (Wildman–Crippen MR) is 140 cm³/mol. The third kappa shape index (κ3) is 5.78. The fourth-order valence-corrected chi connectivity index (χ4v) is 5.06. The van der Waals surface area contributed by atoms with Crippen molar-refractivity contribution in [2.75, 3.05) is 18.1 Å². The minimum absolute atomic E-state index is 0.00582. The van der Waals surface area contributed by atoms with Gasteiger partial charge < -0.3 is 9.64 Å². The maximum absolute atomic E-state index is 13.5. The Morgan fingerprint density at radius 2 is 2.05 bits per heavy atom. The minimum atomic E-state index is -4.54. The summed E-state index contributed by atoms with van der Waals surface area (Å²) in [7, 11) is -4.43. The molecule has 0 aliphatic carbocycles. The summed E-state index contributed by atoms with van der Waals surface area (Å²) in [6, 6.07) is 3.77. The van der Waals surface area contributed by atoms with Crippen molar-refractivity contribution in [3.63, 3.8) is 0 Å². The van der Waals surface area contributed by atoms with E-state index in [9.17, 15) is 26.4 Å². The van der Waals surface area contributed by atoms with Gasteiger partial charge in [0.1, 0.15) is 17.3 Å². The second kappa shape index (κ2) is 10.1. The van der Waals surface area contributed by atoms with Crippen LogP contribution in [0, 0.1) is 18.3 Å². The average molecular weight is 589 g/mol. The topological polar surface area (TPSA) is 135 Å². The van der Waals surface area contributed by atoms with E-state index in [2.05, 4.69) is 20.3 Å². The quantitative estimate of drug-likeness (QED) is 0.403.